The minimum absolute atomic E-state index is 0.331. The molecule has 0 fully saturated rings. The normalized spacial score (nSPS) is 10.7. The molecule has 4 nitrogen and oxygen atoms in total. The van der Waals surface area contributed by atoms with Crippen LogP contribution in [0.3, 0.4) is 0 Å². The van der Waals surface area contributed by atoms with Crippen LogP contribution in [0.15, 0.2) is 36.7 Å². The number of nitrogens with two attached hydrogens (primary N) is 1. The minimum atomic E-state index is 0.331. The molecule has 2 aromatic rings. The van der Waals surface area contributed by atoms with Crippen LogP contribution in [0.4, 0.5) is 11.6 Å². The lowest BCUT2D eigenvalue weighted by molar-refractivity contribution is 0.660. The maximum absolute atomic E-state index is 5.71. The molecule has 5 heteroatoms. The Hall–Kier alpha value is -1.37. The van der Waals surface area contributed by atoms with E-state index in [9.17, 15) is 0 Å². The summed E-state index contributed by atoms with van der Waals surface area (Å²) >= 11 is 2.21. The van der Waals surface area contributed by atoms with E-state index in [1.54, 1.807) is 0 Å². The van der Waals surface area contributed by atoms with Gasteiger partial charge in [-0.05, 0) is 54.1 Å². The van der Waals surface area contributed by atoms with Gasteiger partial charge in [0.1, 0.15) is 0 Å². The number of hydrogen-bond donors (Lipinski definition) is 1. The van der Waals surface area contributed by atoms with Crippen molar-refractivity contribution in [3.8, 4) is 0 Å². The SMILES string of the molecule is CC(C)N(Cc1ccc(N)cc1)c1ncc(I)cn1. The number of benzene rings is 1. The van der Waals surface area contributed by atoms with Gasteiger partial charge >= 0.3 is 0 Å². The maximum atomic E-state index is 5.71. The molecule has 1 aromatic carbocycles. The summed E-state index contributed by atoms with van der Waals surface area (Å²) in [5.41, 5.74) is 7.69. The monoisotopic (exact) mass is 368 g/mol. The van der Waals surface area contributed by atoms with Crippen LogP contribution >= 0.6 is 22.6 Å². The van der Waals surface area contributed by atoms with Gasteiger partial charge in [-0.1, -0.05) is 12.1 Å². The number of halogens is 1. The summed E-state index contributed by atoms with van der Waals surface area (Å²) in [5, 5.41) is 0. The molecule has 0 aliphatic heterocycles. The predicted molar refractivity (Wildman–Crippen MR) is 86.9 cm³/mol. The van der Waals surface area contributed by atoms with Crippen molar-refractivity contribution in [2.75, 3.05) is 10.6 Å². The molecule has 0 atom stereocenters. The molecule has 1 heterocycles. The van der Waals surface area contributed by atoms with Gasteiger partial charge in [0, 0.05) is 34.2 Å². The lowest BCUT2D eigenvalue weighted by Crippen LogP contribution is -2.31. The standard InChI is InChI=1S/C14H17IN4/c1-10(2)19(14-17-7-12(15)8-18-14)9-11-3-5-13(16)6-4-11/h3-8,10H,9,16H2,1-2H3. The van der Waals surface area contributed by atoms with Gasteiger partial charge in [0.05, 0.1) is 0 Å². The second-order valence-electron chi connectivity index (χ2n) is 4.66. The van der Waals surface area contributed by atoms with Crippen LogP contribution in [0.1, 0.15) is 19.4 Å². The molecule has 2 N–H and O–H groups in total. The van der Waals surface area contributed by atoms with Crippen LogP contribution in [0.25, 0.3) is 0 Å². The smallest absolute Gasteiger partial charge is 0.225 e. The first-order valence-electron chi connectivity index (χ1n) is 6.15. The lowest BCUT2D eigenvalue weighted by atomic mass is 10.2. The van der Waals surface area contributed by atoms with E-state index in [2.05, 4.69) is 51.3 Å². The Kier molecular flexibility index (Phi) is 4.57. The summed E-state index contributed by atoms with van der Waals surface area (Å²) in [7, 11) is 0. The van der Waals surface area contributed by atoms with Crippen LogP contribution < -0.4 is 10.6 Å². The molecular weight excluding hydrogens is 351 g/mol. The summed E-state index contributed by atoms with van der Waals surface area (Å²) in [6.07, 6.45) is 3.67. The first kappa shape index (κ1) is 14.0. The third-order valence-corrected chi connectivity index (χ3v) is 3.38. The van der Waals surface area contributed by atoms with Crippen molar-refractivity contribution < 1.29 is 0 Å². The first-order valence-corrected chi connectivity index (χ1v) is 7.23. The topological polar surface area (TPSA) is 55.0 Å². The van der Waals surface area contributed by atoms with E-state index < -0.39 is 0 Å². The molecule has 0 saturated carbocycles. The average molecular weight is 368 g/mol. The predicted octanol–water partition coefficient (Wildman–Crippen LogP) is 3.08. The van der Waals surface area contributed by atoms with Crippen molar-refractivity contribution in [2.45, 2.75) is 26.4 Å². The van der Waals surface area contributed by atoms with Gasteiger partial charge in [0.2, 0.25) is 5.95 Å². The maximum Gasteiger partial charge on any atom is 0.225 e. The van der Waals surface area contributed by atoms with Gasteiger partial charge in [-0.25, -0.2) is 9.97 Å². The molecule has 0 aliphatic rings. The minimum Gasteiger partial charge on any atom is -0.399 e. The Balaban J connectivity index is 2.21. The number of nitrogen functional groups attached to an aromatic ring is 1. The molecular formula is C14H17IN4. The van der Waals surface area contributed by atoms with Crippen molar-refractivity contribution >= 4 is 34.2 Å². The zero-order valence-corrected chi connectivity index (χ0v) is 13.2. The first-order chi connectivity index (χ1) is 9.06. The molecule has 19 heavy (non-hydrogen) atoms. The highest BCUT2D eigenvalue weighted by Gasteiger charge is 2.13. The van der Waals surface area contributed by atoms with E-state index in [1.165, 1.54) is 5.56 Å². The van der Waals surface area contributed by atoms with Crippen LogP contribution in [-0.4, -0.2) is 16.0 Å². The highest BCUT2D eigenvalue weighted by Crippen LogP contribution is 2.16. The van der Waals surface area contributed by atoms with Crippen molar-refractivity contribution in [2.24, 2.45) is 0 Å². The Morgan fingerprint density at radius 3 is 2.26 bits per heavy atom. The lowest BCUT2D eigenvalue weighted by Gasteiger charge is -2.26. The quantitative estimate of drug-likeness (QED) is 0.666. The molecule has 0 spiro atoms. The van der Waals surface area contributed by atoms with Crippen LogP contribution in [0.5, 0.6) is 0 Å². The van der Waals surface area contributed by atoms with Crippen LogP contribution in [-0.2, 0) is 6.54 Å². The molecule has 100 valence electrons. The largest absolute Gasteiger partial charge is 0.399 e. The fourth-order valence-corrected chi connectivity index (χ4v) is 2.04. The fraction of sp³-hybridized carbons (Fsp3) is 0.286. The number of rotatable bonds is 4. The van der Waals surface area contributed by atoms with Crippen molar-refractivity contribution in [1.82, 2.24) is 9.97 Å². The van der Waals surface area contributed by atoms with Gasteiger partial charge in [0.15, 0.2) is 0 Å². The number of anilines is 2. The molecule has 0 amide bonds. The van der Waals surface area contributed by atoms with Gasteiger partial charge in [-0.15, -0.1) is 0 Å². The van der Waals surface area contributed by atoms with Crippen LogP contribution in [0.2, 0.25) is 0 Å². The average Bonchev–Trinajstić information content (AvgIpc) is 2.39. The molecule has 0 aliphatic carbocycles. The molecule has 0 bridgehead atoms. The van der Waals surface area contributed by atoms with Gasteiger partial charge in [-0.3, -0.25) is 0 Å². The zero-order valence-electron chi connectivity index (χ0n) is 11.0. The highest BCUT2D eigenvalue weighted by molar-refractivity contribution is 14.1. The Bertz CT molecular complexity index is 522. The molecule has 2 rings (SSSR count). The third kappa shape index (κ3) is 3.79. The van der Waals surface area contributed by atoms with E-state index in [0.29, 0.717) is 6.04 Å². The van der Waals surface area contributed by atoms with E-state index >= 15 is 0 Å². The summed E-state index contributed by atoms with van der Waals surface area (Å²) in [4.78, 5) is 11.0. The van der Waals surface area contributed by atoms with E-state index in [1.807, 2.05) is 36.7 Å². The second kappa shape index (κ2) is 6.18. The Labute approximate surface area is 127 Å². The zero-order chi connectivity index (χ0) is 13.8. The van der Waals surface area contributed by atoms with Gasteiger partial charge < -0.3 is 10.6 Å². The Morgan fingerprint density at radius 2 is 1.74 bits per heavy atom. The number of nitrogens with zero attached hydrogens (tertiary/aromatic N) is 3. The van der Waals surface area contributed by atoms with Crippen LogP contribution in [0, 0.1) is 3.57 Å². The third-order valence-electron chi connectivity index (χ3n) is 2.82. The molecule has 0 unspecified atom stereocenters. The number of hydrogen-bond acceptors (Lipinski definition) is 4. The van der Waals surface area contributed by atoms with Gasteiger partial charge in [0.25, 0.3) is 0 Å². The summed E-state index contributed by atoms with van der Waals surface area (Å²) < 4.78 is 1.04. The number of aromatic nitrogens is 2. The van der Waals surface area contributed by atoms with Crippen molar-refractivity contribution in [3.63, 3.8) is 0 Å². The molecule has 1 aromatic heterocycles. The van der Waals surface area contributed by atoms with Crippen molar-refractivity contribution in [3.05, 3.63) is 45.8 Å². The molecule has 0 saturated heterocycles. The van der Waals surface area contributed by atoms with E-state index in [0.717, 1.165) is 21.8 Å². The summed E-state index contributed by atoms with van der Waals surface area (Å²) in [6.45, 7) is 5.05. The Morgan fingerprint density at radius 1 is 1.16 bits per heavy atom. The highest BCUT2D eigenvalue weighted by atomic mass is 127. The summed E-state index contributed by atoms with van der Waals surface area (Å²) in [6, 6.07) is 8.25. The second-order valence-corrected chi connectivity index (χ2v) is 5.91. The fourth-order valence-electron chi connectivity index (χ4n) is 1.76. The summed E-state index contributed by atoms with van der Waals surface area (Å²) in [5.74, 6) is 0.757. The van der Waals surface area contributed by atoms with Crippen molar-refractivity contribution in [1.29, 1.82) is 0 Å². The van der Waals surface area contributed by atoms with Gasteiger partial charge in [-0.2, -0.15) is 0 Å². The van der Waals surface area contributed by atoms with E-state index in [-0.39, 0.29) is 0 Å². The van der Waals surface area contributed by atoms with E-state index in [4.69, 9.17) is 5.73 Å². The molecule has 0 radical (unpaired) electrons.